The van der Waals surface area contributed by atoms with Crippen LogP contribution >= 0.6 is 0 Å². The van der Waals surface area contributed by atoms with Gasteiger partial charge in [0, 0.05) is 69.8 Å². The lowest BCUT2D eigenvalue weighted by atomic mass is 9.78. The normalized spacial score (nSPS) is 21.4. The summed E-state index contributed by atoms with van der Waals surface area (Å²) in [6.45, 7) is 55.7. The van der Waals surface area contributed by atoms with Gasteiger partial charge in [-0.1, -0.05) is 220 Å². The Morgan fingerprint density at radius 3 is 1.66 bits per heavy atom. The van der Waals surface area contributed by atoms with Gasteiger partial charge in [0.05, 0.1) is 82.4 Å². The Hall–Kier alpha value is -3.71. The highest BCUT2D eigenvalue weighted by molar-refractivity contribution is 6.99. The van der Waals surface area contributed by atoms with E-state index in [1.165, 1.54) is 23.6 Å². The Morgan fingerprint density at radius 1 is 0.634 bits per heavy atom. The molecule has 2 heterocycles. The van der Waals surface area contributed by atoms with E-state index in [4.69, 9.17) is 50.9 Å². The summed E-state index contributed by atoms with van der Waals surface area (Å²) in [6.07, 6.45) is 9.35. The molecule has 1 N–H and O–H groups in total. The quantitative estimate of drug-likeness (QED) is 0.0143. The smallest absolute Gasteiger partial charge is 0.330 e. The number of ether oxygens (including phenoxy) is 7. The van der Waals surface area contributed by atoms with E-state index < -0.39 is 69.3 Å². The maximum absolute atomic E-state index is 14.7. The van der Waals surface area contributed by atoms with Gasteiger partial charge in [-0.05, 0) is 126 Å². The van der Waals surface area contributed by atoms with E-state index in [9.17, 15) is 14.7 Å². The van der Waals surface area contributed by atoms with Crippen LogP contribution in [0.5, 0.6) is 5.75 Å². The minimum Gasteiger partial charge on any atom is -0.497 e. The number of benzene rings is 3. The molecule has 0 saturated carbocycles. The topological polar surface area (TPSA) is 159 Å². The number of allylic oxidation sites excluding steroid dienone is 2. The first-order chi connectivity index (χ1) is 46.8. The van der Waals surface area contributed by atoms with Crippen molar-refractivity contribution in [2.24, 2.45) is 29.6 Å². The van der Waals surface area contributed by atoms with E-state index in [-0.39, 0.29) is 105 Å². The van der Waals surface area contributed by atoms with Crippen LogP contribution in [0, 0.1) is 29.6 Å². The molecule has 5 rings (SSSR count). The van der Waals surface area contributed by atoms with Crippen LogP contribution < -0.4 is 15.1 Å². The molecule has 1 unspecified atom stereocenters. The molecule has 0 radical (unpaired) electrons. The second-order valence-electron chi connectivity index (χ2n) is 35.2. The monoisotopic (exact) mass is 1470 g/mol. The fourth-order valence-corrected chi connectivity index (χ4v) is 22.8. The molecule has 0 aliphatic carbocycles. The number of hydrogen-bond donors (Lipinski definition) is 1. The number of epoxide rings is 1. The Labute approximate surface area is 617 Å². The minimum atomic E-state index is -2.85. The van der Waals surface area contributed by atoms with Gasteiger partial charge < -0.3 is 56.0 Å². The third-order valence-corrected chi connectivity index (χ3v) is 42.0. The number of aliphatic hydroxyl groups is 1. The zero-order valence-electron chi connectivity index (χ0n) is 67.9. The molecule has 1 fully saturated rings. The first-order valence-electron chi connectivity index (χ1n) is 37.5. The fraction of sp³-hybridized carbons (Fsp3) is 0.687. The number of aliphatic hydroxyl groups excluding tert-OH is 1. The van der Waals surface area contributed by atoms with E-state index in [0.29, 0.717) is 32.5 Å². The van der Waals surface area contributed by atoms with E-state index in [0.717, 1.165) is 29.7 Å². The molecule has 3 aromatic rings. The molecule has 3 aromatic carbocycles. The lowest BCUT2D eigenvalue weighted by molar-refractivity contribution is -0.136. The third kappa shape index (κ3) is 23.6. The predicted octanol–water partition coefficient (Wildman–Crippen LogP) is 18.0. The average molecular weight is 1470 g/mol. The second kappa shape index (κ2) is 37.2. The van der Waals surface area contributed by atoms with E-state index >= 15 is 0 Å². The van der Waals surface area contributed by atoms with Crippen LogP contribution in [-0.2, 0) is 62.3 Å². The summed E-state index contributed by atoms with van der Waals surface area (Å²) in [6, 6.07) is 29.7. The Kier molecular flexibility index (Phi) is 32.4. The summed E-state index contributed by atoms with van der Waals surface area (Å²) in [7, 11) is -3.33. The van der Waals surface area contributed by atoms with Crippen molar-refractivity contribution < 1.29 is 65.6 Å². The standard InChI is InChI=1S/C83H138O14Si4/c1-58(43-51-75(86)89-21)42-47-68(95-98(23,24)79(7,8)9)52-66-36-35-37-67(94-66)53-73(84)83(57-92-83)74(85)54-72(88-20)62(5)78(91-56-64-45-48-65(87-19)49-46-64)63(6)77(97-100(27,28)81(13,14)15)59(2)44-50-71(96-99(25,26)80(10,11)12)61(4)76(90-22)60(3)55-93-101(82(16,17)18,69-38-31-29-32-39-69)70-40-33-30-34-41-70/h29-36,38-43,45-46,48-49,51,59-63,66-68,71-72,74,76-78,85H,37,44,47,50,52-57H2,1-28H3/b51-43+,58-42+/t59-,60+,61-,62-,63-,66-,67-,68-,71?,72+,74-,76+,77-,78-,83-/m0/s1. The first kappa shape index (κ1) is 87.9. The number of carbonyl (C=O) groups excluding carboxylic acids is 2. The number of esters is 1. The number of Topliss-reactive ketones (excluding diaryl/α,β-unsaturated/α-hetero) is 1. The molecule has 0 bridgehead atoms. The summed E-state index contributed by atoms with van der Waals surface area (Å²) in [4.78, 5) is 26.6. The first-order valence-corrected chi connectivity index (χ1v) is 48.2. The van der Waals surface area contributed by atoms with Gasteiger partial charge in [-0.3, -0.25) is 4.79 Å². The summed E-state index contributed by atoms with van der Waals surface area (Å²) in [5, 5.41) is 14.6. The van der Waals surface area contributed by atoms with Crippen molar-refractivity contribution in [3.05, 3.63) is 126 Å². The number of carbonyl (C=O) groups is 2. The maximum atomic E-state index is 14.7. The van der Waals surface area contributed by atoms with Gasteiger partial charge in [0.1, 0.15) is 5.75 Å². The molecule has 2 aliphatic rings. The highest BCUT2D eigenvalue weighted by Gasteiger charge is 2.59. The van der Waals surface area contributed by atoms with Gasteiger partial charge in [-0.2, -0.15) is 0 Å². The molecular formula is C83H138O14Si4. The largest absolute Gasteiger partial charge is 0.497 e. The molecular weight excluding hydrogens is 1330 g/mol. The lowest BCUT2D eigenvalue weighted by Crippen LogP contribution is -2.67. The van der Waals surface area contributed by atoms with Gasteiger partial charge >= 0.3 is 5.97 Å². The zero-order chi connectivity index (χ0) is 75.9. The van der Waals surface area contributed by atoms with Crippen molar-refractivity contribution in [2.75, 3.05) is 41.7 Å². The SMILES string of the molecule is COC(=O)/C=C/C(C)=C/C[C@@H](C[C@@H]1C=CC[C@@H](CC(=O)[C@]2([C@@H](O)C[C@@H](OC)[C@H](C)[C@H](OCc3ccc(OC)cc3)[C@@H](C)[C@@H](O[Si](C)(C)C(C)(C)C)[C@@H](C)CCC(O[Si](C)(C)C(C)(C)C)[C@H](C)[C@H](OC)[C@H](C)CO[Si](c3ccccc3)(c3ccccc3)C(C)(C)C)CO2)O1)O[Si](C)(C)C(C)(C)C. The maximum Gasteiger partial charge on any atom is 0.330 e. The van der Waals surface area contributed by atoms with Gasteiger partial charge in [0.2, 0.25) is 0 Å². The van der Waals surface area contributed by atoms with Gasteiger partial charge in [-0.15, -0.1) is 0 Å². The van der Waals surface area contributed by atoms with Crippen molar-refractivity contribution >= 4 is 55.4 Å². The van der Waals surface area contributed by atoms with Crippen molar-refractivity contribution in [3.63, 3.8) is 0 Å². The van der Waals surface area contributed by atoms with Gasteiger partial charge in [0.15, 0.2) is 36.3 Å². The van der Waals surface area contributed by atoms with E-state index in [2.05, 4.69) is 236 Å². The Morgan fingerprint density at radius 2 is 1.17 bits per heavy atom. The Bertz CT molecular complexity index is 3040. The lowest BCUT2D eigenvalue weighted by Gasteiger charge is -2.47. The van der Waals surface area contributed by atoms with Crippen LogP contribution in [0.15, 0.2) is 121 Å². The molecule has 1 saturated heterocycles. The molecule has 18 heteroatoms. The number of methoxy groups -OCH3 is 4. The molecule has 15 atom stereocenters. The second-order valence-corrected chi connectivity index (χ2v) is 53.8. The molecule has 101 heavy (non-hydrogen) atoms. The molecule has 570 valence electrons. The van der Waals surface area contributed by atoms with Crippen LogP contribution in [0.3, 0.4) is 0 Å². The summed E-state index contributed by atoms with van der Waals surface area (Å²) in [5.74, 6) is -0.258. The fourth-order valence-electron chi connectivity index (χ4n) is 13.8. The van der Waals surface area contributed by atoms with E-state index in [1.54, 1.807) is 20.3 Å². The number of ketones is 1. The van der Waals surface area contributed by atoms with Gasteiger partial charge in [-0.25, -0.2) is 4.79 Å². The van der Waals surface area contributed by atoms with Crippen LogP contribution in [0.1, 0.15) is 175 Å². The van der Waals surface area contributed by atoms with E-state index in [1.807, 2.05) is 38.3 Å². The highest BCUT2D eigenvalue weighted by Crippen LogP contribution is 2.46. The predicted molar refractivity (Wildman–Crippen MR) is 423 cm³/mol. The zero-order valence-corrected chi connectivity index (χ0v) is 71.9. The average Bonchev–Trinajstić information content (AvgIpc) is 1.06. The minimum absolute atomic E-state index is 0.000933. The van der Waals surface area contributed by atoms with Crippen molar-refractivity contribution in [3.8, 4) is 5.75 Å². The van der Waals surface area contributed by atoms with Crippen LogP contribution in [0.25, 0.3) is 0 Å². The molecule has 0 aromatic heterocycles. The highest BCUT2D eigenvalue weighted by atomic mass is 28.4. The summed E-state index contributed by atoms with van der Waals surface area (Å²) < 4.78 is 73.8. The molecule has 0 amide bonds. The van der Waals surface area contributed by atoms with Gasteiger partial charge in [0.25, 0.3) is 8.32 Å². The van der Waals surface area contributed by atoms with Crippen molar-refractivity contribution in [1.29, 1.82) is 0 Å². The molecule has 2 aliphatic heterocycles. The number of hydrogen-bond acceptors (Lipinski definition) is 14. The number of rotatable bonds is 40. The summed E-state index contributed by atoms with van der Waals surface area (Å²) >= 11 is 0. The van der Waals surface area contributed by atoms with Crippen LogP contribution in [0.2, 0.25) is 59.4 Å². The van der Waals surface area contributed by atoms with Crippen LogP contribution in [-0.4, -0.2) is 152 Å². The van der Waals surface area contributed by atoms with Crippen molar-refractivity contribution in [2.45, 2.75) is 296 Å². The Balaban J connectivity index is 1.45. The van der Waals surface area contributed by atoms with Crippen LogP contribution in [0.4, 0.5) is 0 Å². The molecule has 14 nitrogen and oxygen atoms in total. The third-order valence-electron chi connectivity index (χ3n) is 23.5. The molecule has 0 spiro atoms. The summed E-state index contributed by atoms with van der Waals surface area (Å²) in [5.41, 5.74) is 0.521. The van der Waals surface area contributed by atoms with Crippen molar-refractivity contribution in [1.82, 2.24) is 0 Å².